The number of rotatable bonds is 6. The van der Waals surface area contributed by atoms with Gasteiger partial charge in [0, 0.05) is 12.1 Å². The molecule has 5 heteroatoms. The normalized spacial score (nSPS) is 10.9. The molecule has 0 aliphatic carbocycles. The first-order chi connectivity index (χ1) is 11.3. The summed E-state index contributed by atoms with van der Waals surface area (Å²) in [4.78, 5) is 0. The van der Waals surface area contributed by atoms with Crippen LogP contribution in [0.1, 0.15) is 30.9 Å². The number of unbranched alkanes of at least 4 members (excludes halogenated alkanes) is 1. The average Bonchev–Trinajstić information content (AvgIpc) is 3.10. The molecule has 0 atom stereocenters. The molecule has 0 aliphatic rings. The van der Waals surface area contributed by atoms with Crippen LogP contribution in [-0.2, 0) is 13.0 Å². The minimum Gasteiger partial charge on any atom is -0.326 e. The standard InChI is InChI=1S/C18H21N5/c1-2-3-4-14-7-11-17(12-8-14)23-18(20-21-22-23)16-9-5-15(13-19)6-10-16/h5-12H,2-4,13,19H2,1H3. The molecule has 0 radical (unpaired) electrons. The highest BCUT2D eigenvalue weighted by Crippen LogP contribution is 2.20. The van der Waals surface area contributed by atoms with Gasteiger partial charge in [-0.1, -0.05) is 49.7 Å². The number of hydrogen-bond acceptors (Lipinski definition) is 4. The molecule has 0 aliphatic heterocycles. The SMILES string of the molecule is CCCCc1ccc(-n2nnnc2-c2ccc(CN)cc2)cc1. The molecule has 0 unspecified atom stereocenters. The highest BCUT2D eigenvalue weighted by molar-refractivity contribution is 5.57. The second-order valence-corrected chi connectivity index (χ2v) is 5.59. The molecule has 2 aromatic carbocycles. The van der Waals surface area contributed by atoms with Crippen molar-refractivity contribution in [2.75, 3.05) is 0 Å². The molecular weight excluding hydrogens is 286 g/mol. The van der Waals surface area contributed by atoms with E-state index in [4.69, 9.17) is 5.73 Å². The fraction of sp³-hybridized carbons (Fsp3) is 0.278. The maximum atomic E-state index is 5.64. The first-order valence-corrected chi connectivity index (χ1v) is 7.99. The summed E-state index contributed by atoms with van der Waals surface area (Å²) in [7, 11) is 0. The van der Waals surface area contributed by atoms with Gasteiger partial charge in [0.15, 0.2) is 5.82 Å². The van der Waals surface area contributed by atoms with Gasteiger partial charge in [0.25, 0.3) is 0 Å². The number of nitrogens with two attached hydrogens (primary N) is 1. The van der Waals surface area contributed by atoms with Gasteiger partial charge in [-0.05, 0) is 46.5 Å². The van der Waals surface area contributed by atoms with Gasteiger partial charge in [0.1, 0.15) is 0 Å². The summed E-state index contributed by atoms with van der Waals surface area (Å²) in [5, 5.41) is 12.1. The zero-order valence-electron chi connectivity index (χ0n) is 13.3. The Hall–Kier alpha value is -2.53. The Labute approximate surface area is 136 Å². The van der Waals surface area contributed by atoms with Crippen LogP contribution in [0.4, 0.5) is 0 Å². The zero-order chi connectivity index (χ0) is 16.1. The van der Waals surface area contributed by atoms with Gasteiger partial charge >= 0.3 is 0 Å². The molecule has 118 valence electrons. The lowest BCUT2D eigenvalue weighted by Gasteiger charge is -2.07. The Balaban J connectivity index is 1.87. The summed E-state index contributed by atoms with van der Waals surface area (Å²) < 4.78 is 1.76. The molecule has 2 N–H and O–H groups in total. The Bertz CT molecular complexity index is 744. The van der Waals surface area contributed by atoms with E-state index in [1.165, 1.54) is 18.4 Å². The summed E-state index contributed by atoms with van der Waals surface area (Å²) in [5.41, 5.74) is 10.0. The summed E-state index contributed by atoms with van der Waals surface area (Å²) in [6.07, 6.45) is 3.53. The van der Waals surface area contributed by atoms with Gasteiger partial charge in [-0.3, -0.25) is 0 Å². The van der Waals surface area contributed by atoms with Crippen molar-refractivity contribution in [2.45, 2.75) is 32.7 Å². The summed E-state index contributed by atoms with van der Waals surface area (Å²) in [6.45, 7) is 2.74. The molecule has 23 heavy (non-hydrogen) atoms. The van der Waals surface area contributed by atoms with Crippen molar-refractivity contribution in [2.24, 2.45) is 5.73 Å². The van der Waals surface area contributed by atoms with Crippen LogP contribution in [-0.4, -0.2) is 20.2 Å². The van der Waals surface area contributed by atoms with Crippen LogP contribution >= 0.6 is 0 Å². The van der Waals surface area contributed by atoms with E-state index >= 15 is 0 Å². The van der Waals surface area contributed by atoms with Gasteiger partial charge in [0.05, 0.1) is 5.69 Å². The fourth-order valence-electron chi connectivity index (χ4n) is 2.52. The van der Waals surface area contributed by atoms with E-state index in [1.807, 2.05) is 24.3 Å². The lowest BCUT2D eigenvalue weighted by atomic mass is 10.1. The molecule has 0 amide bonds. The number of tetrazole rings is 1. The second kappa shape index (κ2) is 7.15. The van der Waals surface area contributed by atoms with E-state index in [0.29, 0.717) is 6.54 Å². The van der Waals surface area contributed by atoms with Crippen LogP contribution in [0.15, 0.2) is 48.5 Å². The average molecular weight is 307 g/mol. The highest BCUT2D eigenvalue weighted by atomic mass is 15.5. The molecule has 0 saturated carbocycles. The van der Waals surface area contributed by atoms with Crippen LogP contribution in [0.3, 0.4) is 0 Å². The summed E-state index contributed by atoms with van der Waals surface area (Å²) >= 11 is 0. The monoisotopic (exact) mass is 307 g/mol. The maximum Gasteiger partial charge on any atom is 0.187 e. The van der Waals surface area contributed by atoms with E-state index in [0.717, 1.165) is 29.1 Å². The van der Waals surface area contributed by atoms with Gasteiger partial charge in [0.2, 0.25) is 0 Å². The quantitative estimate of drug-likeness (QED) is 0.759. The van der Waals surface area contributed by atoms with Crippen molar-refractivity contribution in [3.63, 3.8) is 0 Å². The van der Waals surface area contributed by atoms with Crippen LogP contribution in [0.25, 0.3) is 17.1 Å². The minimum absolute atomic E-state index is 0.532. The van der Waals surface area contributed by atoms with E-state index < -0.39 is 0 Å². The molecule has 1 heterocycles. The van der Waals surface area contributed by atoms with Gasteiger partial charge in [-0.2, -0.15) is 4.68 Å². The lowest BCUT2D eigenvalue weighted by molar-refractivity contribution is 0.784. The minimum atomic E-state index is 0.532. The number of benzene rings is 2. The maximum absolute atomic E-state index is 5.64. The molecule has 1 aromatic heterocycles. The predicted molar refractivity (Wildman–Crippen MR) is 91.1 cm³/mol. The van der Waals surface area contributed by atoms with Crippen molar-refractivity contribution in [1.29, 1.82) is 0 Å². The predicted octanol–water partition coefficient (Wildman–Crippen LogP) is 3.13. The van der Waals surface area contributed by atoms with Crippen LogP contribution < -0.4 is 5.73 Å². The van der Waals surface area contributed by atoms with Crippen molar-refractivity contribution in [3.8, 4) is 17.1 Å². The van der Waals surface area contributed by atoms with Crippen molar-refractivity contribution in [1.82, 2.24) is 20.2 Å². The topological polar surface area (TPSA) is 69.6 Å². The van der Waals surface area contributed by atoms with Crippen LogP contribution in [0, 0.1) is 0 Å². The van der Waals surface area contributed by atoms with E-state index in [1.54, 1.807) is 4.68 Å². The molecular formula is C18H21N5. The number of aromatic nitrogens is 4. The Morgan fingerprint density at radius 1 is 0.957 bits per heavy atom. The van der Waals surface area contributed by atoms with Crippen LogP contribution in [0.5, 0.6) is 0 Å². The molecule has 0 saturated heterocycles. The first-order valence-electron chi connectivity index (χ1n) is 7.99. The van der Waals surface area contributed by atoms with E-state index in [9.17, 15) is 0 Å². The van der Waals surface area contributed by atoms with Crippen molar-refractivity contribution < 1.29 is 0 Å². The number of hydrogen-bond donors (Lipinski definition) is 1. The number of aryl methyl sites for hydroxylation is 1. The number of nitrogens with zero attached hydrogens (tertiary/aromatic N) is 4. The third kappa shape index (κ3) is 3.46. The molecule has 0 bridgehead atoms. The zero-order valence-corrected chi connectivity index (χ0v) is 13.3. The Morgan fingerprint density at radius 2 is 1.65 bits per heavy atom. The third-order valence-corrected chi connectivity index (χ3v) is 3.92. The van der Waals surface area contributed by atoms with E-state index in [-0.39, 0.29) is 0 Å². The van der Waals surface area contributed by atoms with Crippen molar-refractivity contribution >= 4 is 0 Å². The first kappa shape index (κ1) is 15.4. The van der Waals surface area contributed by atoms with Crippen LogP contribution in [0.2, 0.25) is 0 Å². The van der Waals surface area contributed by atoms with Gasteiger partial charge in [-0.25, -0.2) is 0 Å². The molecule has 3 rings (SSSR count). The fourth-order valence-corrected chi connectivity index (χ4v) is 2.52. The highest BCUT2D eigenvalue weighted by Gasteiger charge is 2.10. The van der Waals surface area contributed by atoms with Gasteiger partial charge < -0.3 is 5.73 Å². The second-order valence-electron chi connectivity index (χ2n) is 5.59. The van der Waals surface area contributed by atoms with Gasteiger partial charge in [-0.15, -0.1) is 5.10 Å². The van der Waals surface area contributed by atoms with E-state index in [2.05, 4.69) is 46.7 Å². The smallest absolute Gasteiger partial charge is 0.187 e. The van der Waals surface area contributed by atoms with Crippen molar-refractivity contribution in [3.05, 3.63) is 59.7 Å². The Morgan fingerprint density at radius 3 is 2.30 bits per heavy atom. The summed E-state index contributed by atoms with van der Waals surface area (Å²) in [6, 6.07) is 16.4. The lowest BCUT2D eigenvalue weighted by Crippen LogP contribution is -2.01. The third-order valence-electron chi connectivity index (χ3n) is 3.92. The molecule has 0 spiro atoms. The molecule has 0 fully saturated rings. The molecule has 5 nitrogen and oxygen atoms in total. The Kier molecular flexibility index (Phi) is 4.78. The summed E-state index contributed by atoms with van der Waals surface area (Å²) in [5.74, 6) is 0.731. The molecule has 3 aromatic rings. The largest absolute Gasteiger partial charge is 0.326 e.